The molecule has 1 saturated heterocycles. The van der Waals surface area contributed by atoms with Crippen molar-refractivity contribution < 1.29 is 14.2 Å². The van der Waals surface area contributed by atoms with Gasteiger partial charge in [0.15, 0.2) is 11.6 Å². The summed E-state index contributed by atoms with van der Waals surface area (Å²) < 4.78 is 19.0. The molecular weight excluding hydrogens is 295 g/mol. The van der Waals surface area contributed by atoms with E-state index in [0.29, 0.717) is 12.4 Å². The first kappa shape index (κ1) is 15.6. The van der Waals surface area contributed by atoms with Crippen LogP contribution in [0.15, 0.2) is 48.5 Å². The Morgan fingerprint density at radius 1 is 0.957 bits per heavy atom. The topological polar surface area (TPSA) is 35.9 Å². The molecule has 4 nitrogen and oxygen atoms in total. The number of para-hydroxylation sites is 1. The lowest BCUT2D eigenvalue weighted by Crippen LogP contribution is -2.47. The quantitative estimate of drug-likeness (QED) is 0.920. The van der Waals surface area contributed by atoms with Gasteiger partial charge in [0, 0.05) is 38.4 Å². The van der Waals surface area contributed by atoms with Gasteiger partial charge in [0.2, 0.25) is 0 Å². The zero-order chi connectivity index (χ0) is 16.1. The minimum atomic E-state index is -0.315. The van der Waals surface area contributed by atoms with Gasteiger partial charge < -0.3 is 14.7 Å². The Kier molecular flexibility index (Phi) is 4.98. The van der Waals surface area contributed by atoms with E-state index in [-0.39, 0.29) is 11.6 Å². The first-order valence-electron chi connectivity index (χ1n) is 7.86. The van der Waals surface area contributed by atoms with Crippen LogP contribution in [0, 0.1) is 5.82 Å². The maximum Gasteiger partial charge on any atom is 0.165 e. The van der Waals surface area contributed by atoms with Crippen LogP contribution in [0.5, 0.6) is 11.5 Å². The molecule has 5 heteroatoms. The van der Waals surface area contributed by atoms with Gasteiger partial charge in [0.1, 0.15) is 12.4 Å². The van der Waals surface area contributed by atoms with E-state index in [1.54, 1.807) is 30.3 Å². The van der Waals surface area contributed by atoms with Crippen molar-refractivity contribution in [3.05, 3.63) is 54.3 Å². The summed E-state index contributed by atoms with van der Waals surface area (Å²) in [6.45, 7) is 5.04. The van der Waals surface area contributed by atoms with E-state index < -0.39 is 0 Å². The van der Waals surface area contributed by atoms with Crippen molar-refractivity contribution in [2.24, 2.45) is 0 Å². The molecule has 23 heavy (non-hydrogen) atoms. The zero-order valence-electron chi connectivity index (χ0n) is 13.0. The lowest BCUT2D eigenvalue weighted by molar-refractivity contribution is 0.197. The highest BCUT2D eigenvalue weighted by molar-refractivity contribution is 5.49. The zero-order valence-corrected chi connectivity index (χ0v) is 13.0. The highest BCUT2D eigenvalue weighted by atomic mass is 19.1. The molecular formula is C18H21FN2O2. The summed E-state index contributed by atoms with van der Waals surface area (Å²) in [6.07, 6.45) is 0. The summed E-state index contributed by atoms with van der Waals surface area (Å²) in [5, 5.41) is 9.34. The lowest BCUT2D eigenvalue weighted by Gasteiger charge is -2.36. The highest BCUT2D eigenvalue weighted by Crippen LogP contribution is 2.20. The van der Waals surface area contributed by atoms with E-state index in [4.69, 9.17) is 4.74 Å². The minimum Gasteiger partial charge on any atom is -0.508 e. The van der Waals surface area contributed by atoms with Gasteiger partial charge in [0.25, 0.3) is 0 Å². The van der Waals surface area contributed by atoms with E-state index in [9.17, 15) is 9.50 Å². The number of phenolic OH excluding ortho intramolecular Hbond substituents is 1. The van der Waals surface area contributed by atoms with Crippen molar-refractivity contribution in [3.63, 3.8) is 0 Å². The third kappa shape index (κ3) is 4.13. The molecule has 0 saturated carbocycles. The van der Waals surface area contributed by atoms with Crippen LogP contribution in [0.1, 0.15) is 0 Å². The highest BCUT2D eigenvalue weighted by Gasteiger charge is 2.17. The molecule has 2 aromatic carbocycles. The molecule has 0 amide bonds. The van der Waals surface area contributed by atoms with E-state index in [1.807, 2.05) is 12.1 Å². The molecule has 0 aromatic heterocycles. The molecule has 0 atom stereocenters. The van der Waals surface area contributed by atoms with Gasteiger partial charge in [-0.1, -0.05) is 12.1 Å². The number of halogens is 1. The maximum absolute atomic E-state index is 13.5. The van der Waals surface area contributed by atoms with Crippen LogP contribution in [0.3, 0.4) is 0 Å². The minimum absolute atomic E-state index is 0.290. The van der Waals surface area contributed by atoms with Gasteiger partial charge in [-0.15, -0.1) is 0 Å². The molecule has 1 heterocycles. The van der Waals surface area contributed by atoms with Gasteiger partial charge in [-0.05, 0) is 36.4 Å². The second-order valence-corrected chi connectivity index (χ2v) is 5.62. The standard InChI is InChI=1S/C18H21FN2O2/c19-17-3-1-2-4-18(17)23-14-13-20-9-11-21(12-10-20)15-5-7-16(22)8-6-15/h1-8,22H,9-14H2. The molecule has 1 fully saturated rings. The smallest absolute Gasteiger partial charge is 0.165 e. The number of phenols is 1. The molecule has 1 N–H and O–H groups in total. The van der Waals surface area contributed by atoms with Crippen molar-refractivity contribution in [1.29, 1.82) is 0 Å². The second kappa shape index (κ2) is 7.33. The van der Waals surface area contributed by atoms with E-state index in [0.717, 1.165) is 38.4 Å². The van der Waals surface area contributed by atoms with Crippen LogP contribution in [0.2, 0.25) is 0 Å². The molecule has 0 radical (unpaired) electrons. The number of ether oxygens (including phenoxy) is 1. The third-order valence-electron chi connectivity index (χ3n) is 4.09. The predicted molar refractivity (Wildman–Crippen MR) is 88.7 cm³/mol. The molecule has 0 unspecified atom stereocenters. The molecule has 0 bridgehead atoms. The van der Waals surface area contributed by atoms with Crippen LogP contribution in [0.4, 0.5) is 10.1 Å². The van der Waals surface area contributed by atoms with E-state index in [1.165, 1.54) is 6.07 Å². The predicted octanol–water partition coefficient (Wildman–Crippen LogP) is 2.73. The fourth-order valence-electron chi connectivity index (χ4n) is 2.74. The van der Waals surface area contributed by atoms with Gasteiger partial charge in [0.05, 0.1) is 0 Å². The Morgan fingerprint density at radius 3 is 2.35 bits per heavy atom. The van der Waals surface area contributed by atoms with Crippen molar-refractivity contribution >= 4 is 5.69 Å². The Bertz CT molecular complexity index is 625. The first-order valence-corrected chi connectivity index (χ1v) is 7.86. The summed E-state index contributed by atoms with van der Waals surface area (Å²) in [5.74, 6) is 0.289. The number of nitrogens with zero attached hydrogens (tertiary/aromatic N) is 2. The molecule has 3 rings (SSSR count). The van der Waals surface area contributed by atoms with Crippen LogP contribution in [-0.4, -0.2) is 49.3 Å². The van der Waals surface area contributed by atoms with Gasteiger partial charge >= 0.3 is 0 Å². The Hall–Kier alpha value is -2.27. The van der Waals surface area contributed by atoms with Crippen molar-refractivity contribution in [3.8, 4) is 11.5 Å². The van der Waals surface area contributed by atoms with Crippen LogP contribution < -0.4 is 9.64 Å². The molecule has 1 aliphatic rings. The van der Waals surface area contributed by atoms with Gasteiger partial charge in [-0.2, -0.15) is 0 Å². The Balaban J connectivity index is 1.43. The van der Waals surface area contributed by atoms with Gasteiger partial charge in [-0.25, -0.2) is 4.39 Å². The number of hydrogen-bond acceptors (Lipinski definition) is 4. The molecule has 1 aliphatic heterocycles. The summed E-state index contributed by atoms with van der Waals surface area (Å²) in [4.78, 5) is 4.62. The van der Waals surface area contributed by atoms with E-state index >= 15 is 0 Å². The fraction of sp³-hybridized carbons (Fsp3) is 0.333. The average Bonchev–Trinajstić information content (AvgIpc) is 2.58. The SMILES string of the molecule is Oc1ccc(N2CCN(CCOc3ccccc3F)CC2)cc1. The van der Waals surface area contributed by atoms with Crippen LogP contribution >= 0.6 is 0 Å². The molecule has 122 valence electrons. The van der Waals surface area contributed by atoms with Crippen molar-refractivity contribution in [2.75, 3.05) is 44.2 Å². The largest absolute Gasteiger partial charge is 0.508 e. The number of hydrogen-bond donors (Lipinski definition) is 1. The van der Waals surface area contributed by atoms with Crippen LogP contribution in [-0.2, 0) is 0 Å². The third-order valence-corrected chi connectivity index (χ3v) is 4.09. The number of benzene rings is 2. The molecule has 2 aromatic rings. The summed E-state index contributed by atoms with van der Waals surface area (Å²) >= 11 is 0. The molecule has 0 spiro atoms. The maximum atomic E-state index is 13.5. The van der Waals surface area contributed by atoms with E-state index in [2.05, 4.69) is 9.80 Å². The molecule has 0 aliphatic carbocycles. The normalized spacial score (nSPS) is 15.6. The van der Waals surface area contributed by atoms with Crippen molar-refractivity contribution in [1.82, 2.24) is 4.90 Å². The van der Waals surface area contributed by atoms with Crippen LogP contribution in [0.25, 0.3) is 0 Å². The van der Waals surface area contributed by atoms with Crippen molar-refractivity contribution in [2.45, 2.75) is 0 Å². The second-order valence-electron chi connectivity index (χ2n) is 5.62. The summed E-state index contributed by atoms with van der Waals surface area (Å²) in [5.41, 5.74) is 1.13. The Labute approximate surface area is 135 Å². The number of piperazine rings is 1. The number of aromatic hydroxyl groups is 1. The van der Waals surface area contributed by atoms with Gasteiger partial charge in [-0.3, -0.25) is 4.90 Å². The lowest BCUT2D eigenvalue weighted by atomic mass is 10.2. The number of anilines is 1. The summed E-state index contributed by atoms with van der Waals surface area (Å²) in [7, 11) is 0. The average molecular weight is 316 g/mol. The monoisotopic (exact) mass is 316 g/mol. The summed E-state index contributed by atoms with van der Waals surface area (Å²) in [6, 6.07) is 13.8. The number of rotatable bonds is 5. The Morgan fingerprint density at radius 2 is 1.65 bits per heavy atom. The first-order chi connectivity index (χ1) is 11.2. The fourth-order valence-corrected chi connectivity index (χ4v) is 2.74.